The van der Waals surface area contributed by atoms with E-state index < -0.39 is 12.1 Å². The molecule has 0 unspecified atom stereocenters. The molecule has 6 nitrogen and oxygen atoms in total. The number of carbonyl (C=O) groups excluding carboxylic acids is 2. The van der Waals surface area contributed by atoms with Gasteiger partial charge in [-0.25, -0.2) is 4.79 Å². The maximum atomic E-state index is 11.9. The minimum Gasteiger partial charge on any atom is -0.453 e. The number of methoxy groups -OCH3 is 1. The Hall–Kier alpha value is -2.02. The number of benzene rings is 1. The number of fused-ring (bicyclic) bond motifs is 1. The maximum absolute atomic E-state index is 11.9. The number of rotatable bonds is 4. The number of ether oxygens (including phenoxy) is 1. The molecule has 1 aromatic carbocycles. The van der Waals surface area contributed by atoms with E-state index >= 15 is 0 Å². The van der Waals surface area contributed by atoms with Crippen molar-refractivity contribution in [1.29, 1.82) is 0 Å². The van der Waals surface area contributed by atoms with Crippen molar-refractivity contribution in [3.8, 4) is 0 Å². The highest BCUT2D eigenvalue weighted by Gasteiger charge is 2.21. The highest BCUT2D eigenvalue weighted by Crippen LogP contribution is 2.23. The van der Waals surface area contributed by atoms with Crippen molar-refractivity contribution in [3.05, 3.63) is 34.4 Å². The van der Waals surface area contributed by atoms with Crippen molar-refractivity contribution in [2.45, 2.75) is 12.5 Å². The molecular formula is C14H16BrN3O3. The number of nitrogens with one attached hydrogen (secondary N) is 3. The van der Waals surface area contributed by atoms with Gasteiger partial charge in [-0.3, -0.25) is 4.79 Å². The summed E-state index contributed by atoms with van der Waals surface area (Å²) in [5, 5.41) is 6.08. The predicted octanol–water partition coefficient (Wildman–Crippen LogP) is 1.94. The van der Waals surface area contributed by atoms with Crippen LogP contribution in [0.5, 0.6) is 0 Å². The topological polar surface area (TPSA) is 83.2 Å². The Labute approximate surface area is 130 Å². The molecule has 21 heavy (non-hydrogen) atoms. The summed E-state index contributed by atoms with van der Waals surface area (Å²) >= 11 is 3.43. The quantitative estimate of drug-likeness (QED) is 0.785. The van der Waals surface area contributed by atoms with E-state index in [-0.39, 0.29) is 5.91 Å². The monoisotopic (exact) mass is 353 g/mol. The van der Waals surface area contributed by atoms with Gasteiger partial charge in [0.1, 0.15) is 6.04 Å². The summed E-state index contributed by atoms with van der Waals surface area (Å²) in [4.78, 5) is 26.4. The number of H-pyrrole nitrogens is 1. The lowest BCUT2D eigenvalue weighted by atomic mass is 10.0. The molecule has 2 aromatic rings. The minimum atomic E-state index is -0.694. The number of aromatic amines is 1. The van der Waals surface area contributed by atoms with Crippen molar-refractivity contribution in [1.82, 2.24) is 15.6 Å². The van der Waals surface area contributed by atoms with Gasteiger partial charge in [0.05, 0.1) is 7.11 Å². The number of hydrogen-bond acceptors (Lipinski definition) is 3. The van der Waals surface area contributed by atoms with Crippen LogP contribution in [0.1, 0.15) is 5.56 Å². The van der Waals surface area contributed by atoms with Gasteiger partial charge >= 0.3 is 6.09 Å². The first kappa shape index (κ1) is 15.4. The van der Waals surface area contributed by atoms with E-state index in [1.54, 1.807) is 0 Å². The summed E-state index contributed by atoms with van der Waals surface area (Å²) in [5.41, 5.74) is 1.92. The van der Waals surface area contributed by atoms with E-state index in [1.807, 2.05) is 24.4 Å². The fraction of sp³-hybridized carbons (Fsp3) is 0.286. The first-order valence-corrected chi connectivity index (χ1v) is 7.16. The zero-order chi connectivity index (χ0) is 15.4. The summed E-state index contributed by atoms with van der Waals surface area (Å²) in [7, 11) is 2.79. The Morgan fingerprint density at radius 3 is 2.86 bits per heavy atom. The average Bonchev–Trinajstić information content (AvgIpc) is 2.87. The van der Waals surface area contributed by atoms with Gasteiger partial charge < -0.3 is 20.4 Å². The summed E-state index contributed by atoms with van der Waals surface area (Å²) in [6.45, 7) is 0. The highest BCUT2D eigenvalue weighted by molar-refractivity contribution is 9.10. The number of likely N-dealkylation sites (N-methyl/N-ethyl adjacent to an activating group) is 1. The molecular weight excluding hydrogens is 338 g/mol. The molecule has 0 saturated heterocycles. The lowest BCUT2D eigenvalue weighted by molar-refractivity contribution is -0.122. The van der Waals surface area contributed by atoms with E-state index in [0.717, 1.165) is 20.9 Å². The van der Waals surface area contributed by atoms with Crippen LogP contribution < -0.4 is 10.6 Å². The van der Waals surface area contributed by atoms with Crippen LogP contribution in [-0.4, -0.2) is 37.2 Å². The third kappa shape index (κ3) is 3.55. The Morgan fingerprint density at radius 2 is 2.19 bits per heavy atom. The van der Waals surface area contributed by atoms with Crippen LogP contribution in [0, 0.1) is 0 Å². The number of carbonyl (C=O) groups is 2. The second kappa shape index (κ2) is 6.62. The molecule has 0 fully saturated rings. The maximum Gasteiger partial charge on any atom is 0.407 e. The zero-order valence-corrected chi connectivity index (χ0v) is 13.3. The molecule has 0 aliphatic heterocycles. The Bertz CT molecular complexity index is 669. The van der Waals surface area contributed by atoms with E-state index in [9.17, 15) is 9.59 Å². The van der Waals surface area contributed by atoms with Gasteiger partial charge in [0.25, 0.3) is 0 Å². The fourth-order valence-corrected chi connectivity index (χ4v) is 2.49. The molecule has 3 N–H and O–H groups in total. The highest BCUT2D eigenvalue weighted by atomic mass is 79.9. The molecule has 0 spiro atoms. The third-order valence-electron chi connectivity index (χ3n) is 3.19. The standard InChI is InChI=1S/C14H16BrN3O3/c1-16-13(19)12(18-14(20)21-2)5-8-7-17-11-4-3-9(15)6-10(8)11/h3-4,6-7,12,17H,5H2,1-2H3,(H,16,19)(H,18,20)/t12-/m0/s1. The molecule has 0 aliphatic carbocycles. The zero-order valence-electron chi connectivity index (χ0n) is 11.7. The molecule has 0 radical (unpaired) electrons. The van der Waals surface area contributed by atoms with Crippen molar-refractivity contribution >= 4 is 38.8 Å². The van der Waals surface area contributed by atoms with Crippen molar-refractivity contribution in [2.75, 3.05) is 14.2 Å². The van der Waals surface area contributed by atoms with E-state index in [1.165, 1.54) is 14.2 Å². The fourth-order valence-electron chi connectivity index (χ4n) is 2.12. The van der Waals surface area contributed by atoms with Crippen LogP contribution in [0.15, 0.2) is 28.9 Å². The predicted molar refractivity (Wildman–Crippen MR) is 83.1 cm³/mol. The number of halogens is 1. The van der Waals surface area contributed by atoms with E-state index in [4.69, 9.17) is 0 Å². The van der Waals surface area contributed by atoms with Crippen molar-refractivity contribution in [2.24, 2.45) is 0 Å². The molecule has 0 bridgehead atoms. The summed E-state index contributed by atoms with van der Waals surface area (Å²) in [5.74, 6) is -0.273. The largest absolute Gasteiger partial charge is 0.453 e. The van der Waals surface area contributed by atoms with Crippen LogP contribution in [0.25, 0.3) is 10.9 Å². The molecule has 2 rings (SSSR count). The number of hydrogen-bond donors (Lipinski definition) is 3. The van der Waals surface area contributed by atoms with Gasteiger partial charge in [-0.1, -0.05) is 15.9 Å². The molecule has 112 valence electrons. The van der Waals surface area contributed by atoms with Crippen LogP contribution in [0.2, 0.25) is 0 Å². The second-order valence-corrected chi connectivity index (χ2v) is 5.43. The number of aromatic nitrogens is 1. The molecule has 1 heterocycles. The second-order valence-electron chi connectivity index (χ2n) is 4.51. The van der Waals surface area contributed by atoms with Gasteiger partial charge in [-0.2, -0.15) is 0 Å². The molecule has 1 aromatic heterocycles. The average molecular weight is 354 g/mol. The Kier molecular flexibility index (Phi) is 4.85. The number of alkyl carbamates (subject to hydrolysis) is 1. The van der Waals surface area contributed by atoms with Crippen LogP contribution in [0.4, 0.5) is 4.79 Å². The number of amides is 2. The minimum absolute atomic E-state index is 0.273. The molecule has 0 aliphatic rings. The van der Waals surface area contributed by atoms with Crippen LogP contribution >= 0.6 is 15.9 Å². The van der Waals surface area contributed by atoms with Crippen molar-refractivity contribution < 1.29 is 14.3 Å². The van der Waals surface area contributed by atoms with Gasteiger partial charge in [-0.15, -0.1) is 0 Å². The molecule has 1 atom stereocenters. The molecule has 0 saturated carbocycles. The Morgan fingerprint density at radius 1 is 1.43 bits per heavy atom. The lowest BCUT2D eigenvalue weighted by Gasteiger charge is -2.16. The van der Waals surface area contributed by atoms with E-state index in [0.29, 0.717) is 6.42 Å². The van der Waals surface area contributed by atoms with E-state index in [2.05, 4.69) is 36.3 Å². The van der Waals surface area contributed by atoms with Crippen molar-refractivity contribution in [3.63, 3.8) is 0 Å². The van der Waals surface area contributed by atoms with Gasteiger partial charge in [0.15, 0.2) is 0 Å². The Balaban J connectivity index is 2.27. The molecule has 2 amide bonds. The van der Waals surface area contributed by atoms with Gasteiger partial charge in [-0.05, 0) is 23.8 Å². The SMILES string of the molecule is CNC(=O)[C@H](Cc1c[nH]c2ccc(Br)cc12)NC(=O)OC. The normalized spacial score (nSPS) is 12.0. The first-order valence-electron chi connectivity index (χ1n) is 6.36. The first-order chi connectivity index (χ1) is 10.0. The van der Waals surface area contributed by atoms with Crippen LogP contribution in [0.3, 0.4) is 0 Å². The summed E-state index contributed by atoms with van der Waals surface area (Å²) in [6, 6.07) is 5.16. The third-order valence-corrected chi connectivity index (χ3v) is 3.69. The lowest BCUT2D eigenvalue weighted by Crippen LogP contribution is -2.46. The van der Waals surface area contributed by atoms with Gasteiger partial charge in [0.2, 0.25) is 5.91 Å². The van der Waals surface area contributed by atoms with Gasteiger partial charge in [0, 0.05) is 35.0 Å². The van der Waals surface area contributed by atoms with Crippen LogP contribution in [-0.2, 0) is 16.0 Å². The molecule has 7 heteroatoms. The smallest absolute Gasteiger partial charge is 0.407 e. The summed E-state index contributed by atoms with van der Waals surface area (Å²) in [6.07, 6.45) is 1.57. The summed E-state index contributed by atoms with van der Waals surface area (Å²) < 4.78 is 5.51.